The number of nitrogens with zero attached hydrogens (tertiary/aromatic N) is 2. The lowest BCUT2D eigenvalue weighted by Crippen LogP contribution is -2.77. The number of amides is 1. The zero-order valence-electron chi connectivity index (χ0n) is 17.6. The second-order valence-electron chi connectivity index (χ2n) is 9.60. The van der Waals surface area contributed by atoms with Crippen molar-refractivity contribution in [2.45, 2.75) is 62.3 Å². The van der Waals surface area contributed by atoms with Crippen LogP contribution in [0, 0.1) is 17.7 Å². The molecule has 0 atom stereocenters. The maximum Gasteiger partial charge on any atom is 0.522 e. The van der Waals surface area contributed by atoms with Gasteiger partial charge in [0.2, 0.25) is 17.7 Å². The molecule has 0 radical (unpaired) electrons. The van der Waals surface area contributed by atoms with E-state index in [-0.39, 0.29) is 46.2 Å². The Labute approximate surface area is 192 Å². The van der Waals surface area contributed by atoms with Crippen LogP contribution in [0.3, 0.4) is 0 Å². The molecular weight excluding hydrogens is 466 g/mol. The second kappa shape index (κ2) is 7.94. The van der Waals surface area contributed by atoms with Crippen LogP contribution in [0.5, 0.6) is 0 Å². The molecule has 11 heteroatoms. The number of hydrogen-bond acceptors (Lipinski definition) is 5. The molecule has 6 nitrogen and oxygen atoms in total. The third kappa shape index (κ3) is 4.35. The van der Waals surface area contributed by atoms with Crippen molar-refractivity contribution in [1.29, 1.82) is 0 Å². The van der Waals surface area contributed by atoms with Gasteiger partial charge in [0.1, 0.15) is 5.82 Å². The second-order valence-corrected chi connectivity index (χ2v) is 10.0. The summed E-state index contributed by atoms with van der Waals surface area (Å²) in [7, 11) is 0. The van der Waals surface area contributed by atoms with E-state index in [0.717, 1.165) is 0 Å². The van der Waals surface area contributed by atoms with E-state index in [1.165, 1.54) is 12.1 Å². The van der Waals surface area contributed by atoms with Crippen LogP contribution >= 0.6 is 11.6 Å². The van der Waals surface area contributed by atoms with Gasteiger partial charge >= 0.3 is 6.36 Å². The highest BCUT2D eigenvalue weighted by Gasteiger charge is 2.72. The maximum atomic E-state index is 13.7. The predicted molar refractivity (Wildman–Crippen MR) is 109 cm³/mol. The van der Waals surface area contributed by atoms with Crippen LogP contribution in [0.2, 0.25) is 5.02 Å². The zero-order valence-corrected chi connectivity index (χ0v) is 18.3. The van der Waals surface area contributed by atoms with Gasteiger partial charge in [-0.2, -0.15) is 0 Å². The summed E-state index contributed by atoms with van der Waals surface area (Å²) in [4.78, 5) is 12.7. The largest absolute Gasteiger partial charge is 0.522 e. The van der Waals surface area contributed by atoms with Crippen LogP contribution in [0.15, 0.2) is 22.6 Å². The minimum Gasteiger partial charge on any atom is -0.420 e. The van der Waals surface area contributed by atoms with Gasteiger partial charge in [0, 0.05) is 17.0 Å². The van der Waals surface area contributed by atoms with Crippen molar-refractivity contribution in [2.75, 3.05) is 6.61 Å². The molecule has 0 saturated heterocycles. The summed E-state index contributed by atoms with van der Waals surface area (Å²) in [6.45, 7) is -0.348. The first-order valence-electron chi connectivity index (χ1n) is 10.9. The Morgan fingerprint density at radius 3 is 2.52 bits per heavy atom. The SMILES string of the molecule is O=C(NC12CC(c3nnc(-c4ccc(Cl)c(F)c4)o3)(C1)C2)C1CCC(COC(F)(F)F)CC1. The molecular formula is C22H22ClF4N3O3. The van der Waals surface area contributed by atoms with E-state index in [4.69, 9.17) is 16.0 Å². The van der Waals surface area contributed by atoms with Crippen molar-refractivity contribution in [1.82, 2.24) is 15.5 Å². The summed E-state index contributed by atoms with van der Waals surface area (Å²) in [5.74, 6) is -0.269. The number of nitrogens with one attached hydrogen (secondary N) is 1. The molecule has 0 spiro atoms. The molecule has 1 heterocycles. The number of alkyl halides is 3. The molecule has 4 fully saturated rings. The van der Waals surface area contributed by atoms with Gasteiger partial charge in [0.15, 0.2) is 0 Å². The van der Waals surface area contributed by atoms with Gasteiger partial charge in [0.25, 0.3) is 0 Å². The van der Waals surface area contributed by atoms with Gasteiger partial charge in [-0.15, -0.1) is 23.4 Å². The average Bonchev–Trinajstić information content (AvgIpc) is 3.19. The summed E-state index contributed by atoms with van der Waals surface area (Å²) in [5.41, 5.74) is -0.105. The Hall–Kier alpha value is -2.20. The Bertz CT molecular complexity index is 1050. The normalized spacial score (nSPS) is 30.9. The van der Waals surface area contributed by atoms with Gasteiger partial charge in [-0.25, -0.2) is 4.39 Å². The van der Waals surface area contributed by atoms with Crippen LogP contribution in [0.4, 0.5) is 17.6 Å². The standard InChI is InChI=1S/C22H22ClF4N3O3/c23-15-6-5-14(7-16(15)24)18-29-30-19(33-18)20-9-21(10-20,11-20)28-17(31)13-3-1-12(2-4-13)8-32-22(25,26)27/h5-7,12-13H,1-4,8-11H2,(H,28,31). The van der Waals surface area contributed by atoms with E-state index in [1.807, 2.05) is 0 Å². The minimum atomic E-state index is -4.61. The zero-order chi connectivity index (χ0) is 23.4. The molecule has 0 aliphatic heterocycles. The highest BCUT2D eigenvalue weighted by Crippen LogP contribution is 2.67. The van der Waals surface area contributed by atoms with Crippen molar-refractivity contribution in [2.24, 2.45) is 11.8 Å². The predicted octanol–water partition coefficient (Wildman–Crippen LogP) is 5.16. The molecule has 1 amide bonds. The lowest BCUT2D eigenvalue weighted by molar-refractivity contribution is -0.329. The summed E-state index contributed by atoms with van der Waals surface area (Å²) in [6.07, 6.45) is -0.334. The molecule has 1 aromatic carbocycles. The van der Waals surface area contributed by atoms with E-state index in [1.54, 1.807) is 6.07 Å². The first kappa shape index (κ1) is 22.6. The molecule has 1 N–H and O–H groups in total. The van der Waals surface area contributed by atoms with Crippen molar-refractivity contribution >= 4 is 17.5 Å². The lowest BCUT2D eigenvalue weighted by Gasteiger charge is -2.68. The van der Waals surface area contributed by atoms with E-state index in [9.17, 15) is 22.4 Å². The van der Waals surface area contributed by atoms with Crippen molar-refractivity contribution < 1.29 is 31.5 Å². The fourth-order valence-corrected chi connectivity index (χ4v) is 5.62. The summed E-state index contributed by atoms with van der Waals surface area (Å²) in [6, 6.07) is 4.28. The topological polar surface area (TPSA) is 77.3 Å². The van der Waals surface area contributed by atoms with Crippen molar-refractivity contribution in [3.8, 4) is 11.5 Å². The number of rotatable bonds is 6. The van der Waals surface area contributed by atoms with Crippen LogP contribution in [0.1, 0.15) is 50.8 Å². The van der Waals surface area contributed by atoms with Crippen LogP contribution in [0.25, 0.3) is 11.5 Å². The lowest BCUT2D eigenvalue weighted by atomic mass is 9.39. The molecule has 33 heavy (non-hydrogen) atoms. The Balaban J connectivity index is 1.12. The number of halogens is 5. The Morgan fingerprint density at radius 2 is 1.88 bits per heavy atom. The highest BCUT2D eigenvalue weighted by atomic mass is 35.5. The number of ether oxygens (including phenoxy) is 1. The van der Waals surface area contributed by atoms with Gasteiger partial charge in [0.05, 0.1) is 17.0 Å². The first-order valence-corrected chi connectivity index (χ1v) is 11.3. The smallest absolute Gasteiger partial charge is 0.420 e. The van der Waals surface area contributed by atoms with Gasteiger partial charge in [-0.05, 0) is 69.1 Å². The molecule has 1 aromatic heterocycles. The summed E-state index contributed by atoms with van der Waals surface area (Å²) in [5, 5.41) is 11.3. The average molecular weight is 488 g/mol. The van der Waals surface area contributed by atoms with Gasteiger partial charge < -0.3 is 9.73 Å². The number of hydrogen-bond donors (Lipinski definition) is 1. The molecule has 4 aliphatic rings. The molecule has 6 rings (SSSR count). The molecule has 2 bridgehead atoms. The maximum absolute atomic E-state index is 13.7. The summed E-state index contributed by atoms with van der Waals surface area (Å²) >= 11 is 5.71. The first-order chi connectivity index (χ1) is 15.6. The third-order valence-electron chi connectivity index (χ3n) is 7.16. The van der Waals surface area contributed by atoms with Crippen LogP contribution in [-0.2, 0) is 14.9 Å². The molecule has 0 unspecified atom stereocenters. The fraction of sp³-hybridized carbons (Fsp3) is 0.591. The molecule has 4 saturated carbocycles. The minimum absolute atomic E-state index is 0.0127. The number of carbonyl (C=O) groups excluding carboxylic acids is 1. The molecule has 178 valence electrons. The van der Waals surface area contributed by atoms with Crippen molar-refractivity contribution in [3.05, 3.63) is 34.9 Å². The molecule has 4 aliphatic carbocycles. The Morgan fingerprint density at radius 1 is 1.18 bits per heavy atom. The third-order valence-corrected chi connectivity index (χ3v) is 7.47. The van der Waals surface area contributed by atoms with E-state index in [0.29, 0.717) is 56.4 Å². The monoisotopic (exact) mass is 487 g/mol. The number of carbonyl (C=O) groups is 1. The van der Waals surface area contributed by atoms with Crippen LogP contribution in [-0.4, -0.2) is 34.6 Å². The Kier molecular flexibility index (Phi) is 5.43. The van der Waals surface area contributed by atoms with E-state index >= 15 is 0 Å². The summed E-state index contributed by atoms with van der Waals surface area (Å²) < 4.78 is 60.0. The number of benzene rings is 1. The number of aromatic nitrogens is 2. The quantitative estimate of drug-likeness (QED) is 0.569. The van der Waals surface area contributed by atoms with E-state index < -0.39 is 12.2 Å². The highest BCUT2D eigenvalue weighted by molar-refractivity contribution is 6.30. The van der Waals surface area contributed by atoms with Crippen molar-refractivity contribution in [3.63, 3.8) is 0 Å². The van der Waals surface area contributed by atoms with Gasteiger partial charge in [-0.1, -0.05) is 11.6 Å². The van der Waals surface area contributed by atoms with Gasteiger partial charge in [-0.3, -0.25) is 9.53 Å². The molecule has 2 aromatic rings. The van der Waals surface area contributed by atoms with Crippen LogP contribution < -0.4 is 5.32 Å². The van der Waals surface area contributed by atoms with E-state index in [2.05, 4.69) is 20.3 Å². The fourth-order valence-electron chi connectivity index (χ4n) is 5.50.